The molecule has 0 aliphatic carbocycles. The Balaban J connectivity index is 0.927. The van der Waals surface area contributed by atoms with Crippen LogP contribution >= 0.6 is 0 Å². The monoisotopic (exact) mass is 908 g/mol. The van der Waals surface area contributed by atoms with Crippen LogP contribution in [0.2, 0.25) is 0 Å². The molecule has 14 rings (SSSR count). The van der Waals surface area contributed by atoms with Crippen molar-refractivity contribution in [3.63, 3.8) is 0 Å². The first-order valence-corrected chi connectivity index (χ1v) is 24.2. The van der Waals surface area contributed by atoms with Gasteiger partial charge in [-0.2, -0.15) is 0 Å². The van der Waals surface area contributed by atoms with Crippen LogP contribution in [0.4, 0.5) is 0 Å². The molecule has 1 unspecified atom stereocenters. The molecule has 4 heterocycles. The van der Waals surface area contributed by atoms with Gasteiger partial charge in [0.1, 0.15) is 12.0 Å². The summed E-state index contributed by atoms with van der Waals surface area (Å²) in [7, 11) is 0. The second-order valence-corrected chi connectivity index (χ2v) is 18.2. The van der Waals surface area contributed by atoms with E-state index in [9.17, 15) is 0 Å². The van der Waals surface area contributed by atoms with Gasteiger partial charge in [-0.05, 0) is 101 Å². The third-order valence-corrected chi connectivity index (χ3v) is 14.1. The minimum absolute atomic E-state index is 0.278. The van der Waals surface area contributed by atoms with Crippen LogP contribution in [0.5, 0.6) is 0 Å². The molecule has 0 amide bonds. The molecule has 1 aliphatic heterocycles. The molecule has 334 valence electrons. The van der Waals surface area contributed by atoms with Crippen LogP contribution < -0.4 is 5.32 Å². The Labute approximate surface area is 410 Å². The van der Waals surface area contributed by atoms with Crippen molar-refractivity contribution >= 4 is 66.2 Å². The van der Waals surface area contributed by atoms with E-state index in [0.717, 1.165) is 67.3 Å². The molecule has 0 bridgehead atoms. The van der Waals surface area contributed by atoms with Crippen molar-refractivity contribution in [2.45, 2.75) is 6.17 Å². The summed E-state index contributed by atoms with van der Waals surface area (Å²) >= 11 is 0. The first-order valence-electron chi connectivity index (χ1n) is 24.2. The van der Waals surface area contributed by atoms with Crippen LogP contribution in [-0.4, -0.2) is 25.4 Å². The number of nitrogens with zero attached hydrogens (tertiary/aromatic N) is 5. The largest absolute Gasteiger partial charge is 0.344 e. The van der Waals surface area contributed by atoms with Crippen molar-refractivity contribution in [1.29, 1.82) is 0 Å². The van der Waals surface area contributed by atoms with Gasteiger partial charge in [0.15, 0.2) is 5.84 Å². The first kappa shape index (κ1) is 40.5. The van der Waals surface area contributed by atoms with Crippen molar-refractivity contribution in [3.8, 4) is 39.3 Å². The predicted octanol–water partition coefficient (Wildman–Crippen LogP) is 15.7. The molecule has 13 aromatic rings. The lowest BCUT2D eigenvalue weighted by molar-refractivity contribution is 0.674. The van der Waals surface area contributed by atoms with Gasteiger partial charge in [-0.1, -0.05) is 176 Å². The van der Waals surface area contributed by atoms with E-state index in [0.29, 0.717) is 5.84 Å². The topological polar surface area (TPSA) is 51.5 Å². The highest BCUT2D eigenvalue weighted by atomic mass is 15.2. The van der Waals surface area contributed by atoms with Gasteiger partial charge in [0.2, 0.25) is 0 Å². The summed E-state index contributed by atoms with van der Waals surface area (Å²) in [5.41, 5.74) is 16.8. The average molecular weight is 909 g/mol. The first-order chi connectivity index (χ1) is 35.2. The summed E-state index contributed by atoms with van der Waals surface area (Å²) in [4.78, 5) is 10.2. The van der Waals surface area contributed by atoms with E-state index in [2.05, 4.69) is 250 Å². The Morgan fingerprint density at radius 2 is 0.972 bits per heavy atom. The van der Waals surface area contributed by atoms with Gasteiger partial charge in [0.05, 0.1) is 33.3 Å². The second kappa shape index (κ2) is 16.6. The third kappa shape index (κ3) is 6.79. The lowest BCUT2D eigenvalue weighted by Crippen LogP contribution is -2.33. The molecule has 0 saturated carbocycles. The molecule has 0 spiro atoms. The number of fused-ring (bicyclic) bond motifs is 8. The fourth-order valence-electron chi connectivity index (χ4n) is 10.9. The Kier molecular flexibility index (Phi) is 9.49. The number of aromatic nitrogens is 3. The van der Waals surface area contributed by atoms with Crippen LogP contribution in [0.1, 0.15) is 22.9 Å². The quantitative estimate of drug-likeness (QED) is 0.162. The van der Waals surface area contributed by atoms with Gasteiger partial charge in [0.25, 0.3) is 0 Å². The van der Waals surface area contributed by atoms with Crippen LogP contribution in [0, 0.1) is 0 Å². The molecule has 1 N–H and O–H groups in total. The summed E-state index contributed by atoms with van der Waals surface area (Å²) in [6.45, 7) is 0. The molecule has 3 aromatic heterocycles. The van der Waals surface area contributed by atoms with E-state index in [1.807, 2.05) is 24.3 Å². The van der Waals surface area contributed by atoms with Gasteiger partial charge in [-0.15, -0.1) is 0 Å². The van der Waals surface area contributed by atoms with E-state index in [4.69, 9.17) is 9.98 Å². The zero-order chi connectivity index (χ0) is 46.8. The fraction of sp³-hybridized carbons (Fsp3) is 0.0154. The molecule has 6 nitrogen and oxygen atoms in total. The summed E-state index contributed by atoms with van der Waals surface area (Å²) in [5.74, 6) is 1.49. The van der Waals surface area contributed by atoms with Crippen molar-refractivity contribution in [3.05, 3.63) is 272 Å². The van der Waals surface area contributed by atoms with Crippen molar-refractivity contribution in [1.82, 2.24) is 19.0 Å². The van der Waals surface area contributed by atoms with E-state index in [1.54, 1.807) is 0 Å². The highest BCUT2D eigenvalue weighted by Crippen LogP contribution is 2.42. The normalized spacial score (nSPS) is 13.8. The van der Waals surface area contributed by atoms with E-state index in [-0.39, 0.29) is 6.17 Å². The Morgan fingerprint density at radius 1 is 0.366 bits per heavy atom. The fourth-order valence-corrected chi connectivity index (χ4v) is 10.9. The summed E-state index contributed by atoms with van der Waals surface area (Å²) < 4.78 is 7.26. The summed E-state index contributed by atoms with van der Waals surface area (Å²) in [6, 6.07) is 89.0. The lowest BCUT2D eigenvalue weighted by Gasteiger charge is -2.24. The summed E-state index contributed by atoms with van der Waals surface area (Å²) in [6.07, 6.45) is 1.98. The molecular weight excluding hydrogens is 865 g/mol. The highest BCUT2D eigenvalue weighted by molar-refractivity contribution is 6.20. The van der Waals surface area contributed by atoms with Gasteiger partial charge in [-0.3, -0.25) is 0 Å². The molecule has 10 aromatic carbocycles. The van der Waals surface area contributed by atoms with Crippen LogP contribution in [0.3, 0.4) is 0 Å². The zero-order valence-electron chi connectivity index (χ0n) is 38.6. The smallest absolute Gasteiger partial charge is 0.159 e. The number of benzene rings is 10. The Morgan fingerprint density at radius 3 is 1.79 bits per heavy atom. The molecule has 71 heavy (non-hydrogen) atoms. The second-order valence-electron chi connectivity index (χ2n) is 18.2. The van der Waals surface area contributed by atoms with Crippen molar-refractivity contribution in [2.24, 2.45) is 9.98 Å². The maximum Gasteiger partial charge on any atom is 0.159 e. The van der Waals surface area contributed by atoms with Gasteiger partial charge in [0, 0.05) is 55.6 Å². The predicted molar refractivity (Wildman–Crippen MR) is 295 cm³/mol. The molecule has 1 aliphatic rings. The molecule has 6 heteroatoms. The standard InChI is InChI=1S/C65H44N6/c1-5-18-43(19-6-1)48-34-36-58-55(42-48)61-59(69-39-38-54-56(69)37-35-53-52-30-13-14-31-57(52)71(62(53)54)50-27-11-4-12-28-50)32-17-33-60(61)70(58)51-29-16-25-47(41-51)46-24-15-26-49(40-46)65-67-63(44-20-7-2-8-21-44)66-64(68-65)45-22-9-3-10-23-45/h1-42,63H,(H,66,67,68). The van der Waals surface area contributed by atoms with Crippen molar-refractivity contribution in [2.75, 3.05) is 0 Å². The number of aliphatic imine (C=N–C) groups is 2. The third-order valence-electron chi connectivity index (χ3n) is 14.1. The Bertz CT molecular complexity index is 4240. The number of hydrogen-bond donors (Lipinski definition) is 1. The van der Waals surface area contributed by atoms with Crippen molar-refractivity contribution < 1.29 is 0 Å². The molecular formula is C65H44N6. The summed E-state index contributed by atoms with van der Waals surface area (Å²) in [5, 5.41) is 9.74. The maximum absolute atomic E-state index is 5.13. The van der Waals surface area contributed by atoms with Crippen LogP contribution in [0.25, 0.3) is 93.8 Å². The van der Waals surface area contributed by atoms with Crippen LogP contribution in [0.15, 0.2) is 265 Å². The van der Waals surface area contributed by atoms with Gasteiger partial charge >= 0.3 is 0 Å². The van der Waals surface area contributed by atoms with Crippen LogP contribution in [-0.2, 0) is 0 Å². The number of amidine groups is 2. The molecule has 1 atom stereocenters. The molecule has 0 radical (unpaired) electrons. The lowest BCUT2D eigenvalue weighted by atomic mass is 10.0. The molecule has 0 fully saturated rings. The number of rotatable bonds is 8. The van der Waals surface area contributed by atoms with E-state index >= 15 is 0 Å². The average Bonchev–Trinajstić information content (AvgIpc) is 4.14. The number of nitrogens with one attached hydrogen (secondary N) is 1. The van der Waals surface area contributed by atoms with E-state index < -0.39 is 0 Å². The minimum atomic E-state index is -0.278. The van der Waals surface area contributed by atoms with E-state index in [1.165, 1.54) is 49.1 Å². The zero-order valence-corrected chi connectivity index (χ0v) is 38.6. The van der Waals surface area contributed by atoms with Gasteiger partial charge < -0.3 is 19.0 Å². The Hall–Kier alpha value is -9.52. The minimum Gasteiger partial charge on any atom is -0.344 e. The maximum atomic E-state index is 5.13. The van der Waals surface area contributed by atoms with Gasteiger partial charge in [-0.25, -0.2) is 9.98 Å². The highest BCUT2D eigenvalue weighted by Gasteiger charge is 2.23. The number of para-hydroxylation sites is 2. The number of hydrogen-bond acceptors (Lipinski definition) is 3. The SMILES string of the molecule is c1ccc(C2=NC(c3ccccc3)NC(c3cccc(-c4cccc(-n5c6ccc(-c7ccccc7)cc6c6c(-n7ccc8c7ccc7c9ccccc9n(-c9ccccc9)c78)cccc65)c4)c3)=N2)cc1. The molecule has 0 saturated heterocycles.